The summed E-state index contributed by atoms with van der Waals surface area (Å²) in [5, 5.41) is 18.0. The van der Waals surface area contributed by atoms with Crippen molar-refractivity contribution in [2.24, 2.45) is 18.9 Å². The molecule has 2 N–H and O–H groups in total. The first-order chi connectivity index (χ1) is 9.13. The Morgan fingerprint density at radius 3 is 2.63 bits per heavy atom. The SMILES string of the molecule is Cc1nn(C)c(CNCC2CCCCC2CO)c1Cl. The van der Waals surface area contributed by atoms with Gasteiger partial charge < -0.3 is 10.4 Å². The quantitative estimate of drug-likeness (QED) is 0.873. The van der Waals surface area contributed by atoms with Crippen LogP contribution in [-0.2, 0) is 13.6 Å². The number of hydrogen-bond acceptors (Lipinski definition) is 3. The Labute approximate surface area is 120 Å². The van der Waals surface area contributed by atoms with E-state index in [4.69, 9.17) is 11.6 Å². The number of aromatic nitrogens is 2. The molecule has 19 heavy (non-hydrogen) atoms. The molecule has 1 fully saturated rings. The largest absolute Gasteiger partial charge is 0.396 e. The van der Waals surface area contributed by atoms with Crippen molar-refractivity contribution in [3.8, 4) is 0 Å². The van der Waals surface area contributed by atoms with Crippen molar-refractivity contribution >= 4 is 11.6 Å². The molecule has 1 heterocycles. The van der Waals surface area contributed by atoms with Crippen molar-refractivity contribution < 1.29 is 5.11 Å². The minimum absolute atomic E-state index is 0.317. The number of halogens is 1. The summed E-state index contributed by atoms with van der Waals surface area (Å²) in [5.74, 6) is 1.05. The molecule has 1 aliphatic rings. The van der Waals surface area contributed by atoms with Crippen LogP contribution in [-0.4, -0.2) is 28.0 Å². The summed E-state index contributed by atoms with van der Waals surface area (Å²) in [6.45, 7) is 3.93. The first kappa shape index (κ1) is 14.8. The molecular formula is C14H24ClN3O. The average Bonchev–Trinajstić information content (AvgIpc) is 2.65. The normalized spacial score (nSPS) is 23.8. The summed E-state index contributed by atoms with van der Waals surface area (Å²) in [6, 6.07) is 0. The number of rotatable bonds is 5. The van der Waals surface area contributed by atoms with Crippen LogP contribution in [0.3, 0.4) is 0 Å². The van der Waals surface area contributed by atoms with E-state index in [9.17, 15) is 5.11 Å². The van der Waals surface area contributed by atoms with Crippen LogP contribution in [0.25, 0.3) is 0 Å². The highest BCUT2D eigenvalue weighted by Gasteiger charge is 2.24. The van der Waals surface area contributed by atoms with Crippen LogP contribution < -0.4 is 5.32 Å². The van der Waals surface area contributed by atoms with Gasteiger partial charge in [0.2, 0.25) is 0 Å². The zero-order valence-electron chi connectivity index (χ0n) is 11.8. The molecule has 1 aliphatic carbocycles. The molecule has 2 unspecified atom stereocenters. The molecule has 0 aliphatic heterocycles. The lowest BCUT2D eigenvalue weighted by Gasteiger charge is -2.30. The van der Waals surface area contributed by atoms with Gasteiger partial charge in [0.05, 0.1) is 16.4 Å². The smallest absolute Gasteiger partial charge is 0.0860 e. The predicted molar refractivity (Wildman–Crippen MR) is 77.2 cm³/mol. The molecule has 2 rings (SSSR count). The van der Waals surface area contributed by atoms with Gasteiger partial charge in [0.15, 0.2) is 0 Å². The highest BCUT2D eigenvalue weighted by molar-refractivity contribution is 6.31. The van der Waals surface area contributed by atoms with Gasteiger partial charge in [-0.05, 0) is 38.1 Å². The number of aryl methyl sites for hydroxylation is 2. The second-order valence-electron chi connectivity index (χ2n) is 5.59. The van der Waals surface area contributed by atoms with E-state index in [1.807, 2.05) is 18.7 Å². The van der Waals surface area contributed by atoms with Gasteiger partial charge in [0, 0.05) is 20.2 Å². The van der Waals surface area contributed by atoms with Crippen molar-refractivity contribution in [2.75, 3.05) is 13.2 Å². The molecule has 0 bridgehead atoms. The third-order valence-corrected chi connectivity index (χ3v) is 4.75. The molecule has 0 spiro atoms. The second kappa shape index (κ2) is 6.73. The van der Waals surface area contributed by atoms with Crippen LogP contribution in [0.1, 0.15) is 37.1 Å². The lowest BCUT2D eigenvalue weighted by molar-refractivity contribution is 0.133. The molecule has 0 amide bonds. The van der Waals surface area contributed by atoms with Crippen LogP contribution in [0.15, 0.2) is 0 Å². The van der Waals surface area contributed by atoms with Gasteiger partial charge in [-0.3, -0.25) is 4.68 Å². The minimum Gasteiger partial charge on any atom is -0.396 e. The molecule has 0 saturated heterocycles. The molecular weight excluding hydrogens is 262 g/mol. The Hall–Kier alpha value is -0.580. The Morgan fingerprint density at radius 2 is 2.05 bits per heavy atom. The van der Waals surface area contributed by atoms with Crippen molar-refractivity contribution in [1.29, 1.82) is 0 Å². The van der Waals surface area contributed by atoms with E-state index in [0.29, 0.717) is 18.4 Å². The van der Waals surface area contributed by atoms with Crippen molar-refractivity contribution in [3.05, 3.63) is 16.4 Å². The highest BCUT2D eigenvalue weighted by Crippen LogP contribution is 2.29. The van der Waals surface area contributed by atoms with Crippen LogP contribution in [0, 0.1) is 18.8 Å². The molecule has 0 radical (unpaired) electrons. The van der Waals surface area contributed by atoms with Gasteiger partial charge in [-0.15, -0.1) is 0 Å². The maximum Gasteiger partial charge on any atom is 0.0860 e. The van der Waals surface area contributed by atoms with Gasteiger partial charge in [0.25, 0.3) is 0 Å². The fourth-order valence-electron chi connectivity index (χ4n) is 3.04. The van der Waals surface area contributed by atoms with E-state index in [2.05, 4.69) is 10.4 Å². The Morgan fingerprint density at radius 1 is 1.37 bits per heavy atom. The summed E-state index contributed by atoms with van der Waals surface area (Å²) in [6.07, 6.45) is 4.92. The third-order valence-electron chi connectivity index (χ3n) is 4.26. The molecule has 1 aromatic rings. The van der Waals surface area contributed by atoms with Gasteiger partial charge in [-0.25, -0.2) is 0 Å². The maximum absolute atomic E-state index is 9.41. The Kier molecular flexibility index (Phi) is 5.25. The molecule has 1 saturated carbocycles. The fraction of sp³-hybridized carbons (Fsp3) is 0.786. The van der Waals surface area contributed by atoms with Crippen LogP contribution >= 0.6 is 11.6 Å². The lowest BCUT2D eigenvalue weighted by Crippen LogP contribution is -2.32. The molecule has 0 aromatic carbocycles. The Bertz CT molecular complexity index is 419. The van der Waals surface area contributed by atoms with E-state index in [0.717, 1.165) is 35.9 Å². The van der Waals surface area contributed by atoms with Crippen molar-refractivity contribution in [3.63, 3.8) is 0 Å². The van der Waals surface area contributed by atoms with Crippen molar-refractivity contribution in [2.45, 2.75) is 39.2 Å². The standard InChI is InChI=1S/C14H24ClN3O/c1-10-14(15)13(18(2)17-10)8-16-7-11-5-3-4-6-12(11)9-19/h11-12,16,19H,3-9H2,1-2H3. The number of aliphatic hydroxyl groups excluding tert-OH is 1. The van der Waals surface area contributed by atoms with Crippen LogP contribution in [0.4, 0.5) is 0 Å². The minimum atomic E-state index is 0.317. The van der Waals surface area contributed by atoms with Crippen LogP contribution in [0.5, 0.6) is 0 Å². The summed E-state index contributed by atoms with van der Waals surface area (Å²) in [7, 11) is 1.92. The summed E-state index contributed by atoms with van der Waals surface area (Å²) < 4.78 is 1.84. The number of hydrogen-bond donors (Lipinski definition) is 2. The van der Waals surface area contributed by atoms with E-state index in [1.54, 1.807) is 0 Å². The first-order valence-corrected chi connectivity index (χ1v) is 7.50. The van der Waals surface area contributed by atoms with Gasteiger partial charge >= 0.3 is 0 Å². The molecule has 1 aromatic heterocycles. The summed E-state index contributed by atoms with van der Waals surface area (Å²) in [5.41, 5.74) is 1.92. The number of nitrogens with one attached hydrogen (secondary N) is 1. The fourth-order valence-corrected chi connectivity index (χ4v) is 3.27. The van der Waals surface area contributed by atoms with Gasteiger partial charge in [-0.2, -0.15) is 5.10 Å². The Balaban J connectivity index is 1.85. The number of aliphatic hydroxyl groups is 1. The van der Waals surface area contributed by atoms with Gasteiger partial charge in [0.1, 0.15) is 0 Å². The number of nitrogens with zero attached hydrogens (tertiary/aromatic N) is 2. The molecule has 5 heteroatoms. The monoisotopic (exact) mass is 285 g/mol. The van der Waals surface area contributed by atoms with E-state index >= 15 is 0 Å². The topological polar surface area (TPSA) is 50.1 Å². The molecule has 108 valence electrons. The third kappa shape index (κ3) is 3.50. The van der Waals surface area contributed by atoms with E-state index < -0.39 is 0 Å². The average molecular weight is 286 g/mol. The highest BCUT2D eigenvalue weighted by atomic mass is 35.5. The zero-order valence-corrected chi connectivity index (χ0v) is 12.6. The first-order valence-electron chi connectivity index (χ1n) is 7.13. The zero-order chi connectivity index (χ0) is 13.8. The maximum atomic E-state index is 9.41. The van der Waals surface area contributed by atoms with Crippen LogP contribution in [0.2, 0.25) is 5.02 Å². The predicted octanol–water partition coefficient (Wildman–Crippen LogP) is 2.27. The second-order valence-corrected chi connectivity index (χ2v) is 5.97. The molecule has 4 nitrogen and oxygen atoms in total. The summed E-state index contributed by atoms with van der Waals surface area (Å²) in [4.78, 5) is 0. The lowest BCUT2D eigenvalue weighted by atomic mass is 9.79. The van der Waals surface area contributed by atoms with Gasteiger partial charge in [-0.1, -0.05) is 24.4 Å². The van der Waals surface area contributed by atoms with Crippen molar-refractivity contribution in [1.82, 2.24) is 15.1 Å². The van der Waals surface area contributed by atoms with E-state index in [1.165, 1.54) is 19.3 Å². The molecule has 2 atom stereocenters. The van der Waals surface area contributed by atoms with E-state index in [-0.39, 0.29) is 0 Å². The summed E-state index contributed by atoms with van der Waals surface area (Å²) >= 11 is 6.23.